The second kappa shape index (κ2) is 8.10. The van der Waals surface area contributed by atoms with Gasteiger partial charge in [0.2, 0.25) is 0 Å². The Hall–Kier alpha value is -3.27. The summed E-state index contributed by atoms with van der Waals surface area (Å²) in [5, 5.41) is 3.31. The molecule has 2 aliphatic rings. The highest BCUT2D eigenvalue weighted by Crippen LogP contribution is 2.40. The number of nitrogens with zero attached hydrogens (tertiary/aromatic N) is 2. The van der Waals surface area contributed by atoms with Crippen LogP contribution in [0.25, 0.3) is 0 Å². The predicted octanol–water partition coefficient (Wildman–Crippen LogP) is 4.95. The molecule has 0 aliphatic carbocycles. The first-order valence-electron chi connectivity index (χ1n) is 11.3. The van der Waals surface area contributed by atoms with E-state index in [1.807, 2.05) is 18.2 Å². The van der Waals surface area contributed by atoms with Gasteiger partial charge in [-0.1, -0.05) is 48.5 Å². The van der Waals surface area contributed by atoms with Crippen molar-refractivity contribution in [2.24, 2.45) is 0 Å². The molecule has 0 fully saturated rings. The molecule has 4 nitrogen and oxygen atoms in total. The van der Waals surface area contributed by atoms with E-state index < -0.39 is 0 Å². The first-order chi connectivity index (χ1) is 15.2. The van der Waals surface area contributed by atoms with E-state index in [0.29, 0.717) is 0 Å². The standard InChI is InChI=1S/C27H29N3O/c1-3-29(4-2)21-15-13-19(14-16-21)17-24-22-10-6-5-9-20(22)18-30-25-12-8-7-11-23(25)27(31)28-26(24)30/h5-16,24,26H,3-4,17-18H2,1-2H3,(H,28,31)/t24-,26+/m1/s1. The van der Waals surface area contributed by atoms with Crippen LogP contribution in [-0.4, -0.2) is 25.2 Å². The number of hydrogen-bond acceptors (Lipinski definition) is 3. The van der Waals surface area contributed by atoms with E-state index in [-0.39, 0.29) is 18.0 Å². The minimum Gasteiger partial charge on any atom is -0.372 e. The third kappa shape index (κ3) is 3.46. The molecule has 2 aliphatic heterocycles. The first-order valence-corrected chi connectivity index (χ1v) is 11.3. The van der Waals surface area contributed by atoms with Gasteiger partial charge in [0.1, 0.15) is 6.17 Å². The van der Waals surface area contributed by atoms with Crippen LogP contribution < -0.4 is 15.1 Å². The number of para-hydroxylation sites is 1. The monoisotopic (exact) mass is 411 g/mol. The molecule has 1 N–H and O–H groups in total. The summed E-state index contributed by atoms with van der Waals surface area (Å²) in [4.78, 5) is 17.6. The topological polar surface area (TPSA) is 35.6 Å². The number of carbonyl (C=O) groups is 1. The number of hydrogen-bond donors (Lipinski definition) is 1. The minimum absolute atomic E-state index is 0.0260. The van der Waals surface area contributed by atoms with Gasteiger partial charge in [-0.3, -0.25) is 4.79 Å². The van der Waals surface area contributed by atoms with Gasteiger partial charge in [-0.05, 0) is 61.2 Å². The lowest BCUT2D eigenvalue weighted by molar-refractivity contribution is 0.0916. The molecule has 158 valence electrons. The Morgan fingerprint density at radius 2 is 1.65 bits per heavy atom. The van der Waals surface area contributed by atoms with Crippen LogP contribution in [0.3, 0.4) is 0 Å². The molecule has 0 unspecified atom stereocenters. The van der Waals surface area contributed by atoms with Crippen molar-refractivity contribution in [3.05, 3.63) is 95.1 Å². The second-order valence-corrected chi connectivity index (χ2v) is 8.41. The van der Waals surface area contributed by atoms with Gasteiger partial charge >= 0.3 is 0 Å². The Morgan fingerprint density at radius 3 is 2.42 bits per heavy atom. The molecule has 0 radical (unpaired) electrons. The molecule has 3 aromatic rings. The van der Waals surface area contributed by atoms with Crippen molar-refractivity contribution in [3.8, 4) is 0 Å². The number of anilines is 2. The summed E-state index contributed by atoms with van der Waals surface area (Å²) in [6.07, 6.45) is 0.846. The Kier molecular flexibility index (Phi) is 5.14. The minimum atomic E-state index is -0.0419. The lowest BCUT2D eigenvalue weighted by Crippen LogP contribution is -2.57. The second-order valence-electron chi connectivity index (χ2n) is 8.41. The molecule has 3 aromatic carbocycles. The SMILES string of the molecule is CCN(CC)c1ccc(C[C@@H]2c3ccccc3CN3c4ccccc4C(=O)N[C@H]23)cc1. The molecule has 0 spiro atoms. The van der Waals surface area contributed by atoms with Gasteiger partial charge in [-0.15, -0.1) is 0 Å². The van der Waals surface area contributed by atoms with Crippen molar-refractivity contribution in [2.75, 3.05) is 22.9 Å². The maximum Gasteiger partial charge on any atom is 0.254 e. The van der Waals surface area contributed by atoms with E-state index in [9.17, 15) is 4.79 Å². The van der Waals surface area contributed by atoms with Crippen LogP contribution >= 0.6 is 0 Å². The molecule has 5 rings (SSSR count). The molecule has 0 aromatic heterocycles. The number of amides is 1. The van der Waals surface area contributed by atoms with Crippen molar-refractivity contribution >= 4 is 17.3 Å². The van der Waals surface area contributed by atoms with Gasteiger partial charge in [-0.2, -0.15) is 0 Å². The Balaban J connectivity index is 1.51. The molecule has 1 amide bonds. The van der Waals surface area contributed by atoms with E-state index >= 15 is 0 Å². The summed E-state index contributed by atoms with van der Waals surface area (Å²) in [6.45, 7) is 7.21. The molecule has 4 heteroatoms. The van der Waals surface area contributed by atoms with Crippen LogP contribution in [0.15, 0.2) is 72.8 Å². The molecule has 0 saturated heterocycles. The third-order valence-electron chi connectivity index (χ3n) is 6.77. The Morgan fingerprint density at radius 1 is 0.935 bits per heavy atom. The molecule has 0 saturated carbocycles. The largest absolute Gasteiger partial charge is 0.372 e. The first kappa shape index (κ1) is 19.7. The number of nitrogens with one attached hydrogen (secondary N) is 1. The van der Waals surface area contributed by atoms with Crippen LogP contribution in [0.5, 0.6) is 0 Å². The van der Waals surface area contributed by atoms with Crippen LogP contribution in [0.4, 0.5) is 11.4 Å². The zero-order chi connectivity index (χ0) is 21.4. The van der Waals surface area contributed by atoms with Crippen LogP contribution in [0, 0.1) is 0 Å². The van der Waals surface area contributed by atoms with Crippen molar-refractivity contribution < 1.29 is 4.79 Å². The van der Waals surface area contributed by atoms with E-state index in [2.05, 4.69) is 83.6 Å². The van der Waals surface area contributed by atoms with Crippen LogP contribution in [0.2, 0.25) is 0 Å². The number of benzene rings is 3. The summed E-state index contributed by atoms with van der Waals surface area (Å²) in [5.41, 5.74) is 7.05. The van der Waals surface area contributed by atoms with Crippen molar-refractivity contribution in [1.29, 1.82) is 0 Å². The summed E-state index contributed by atoms with van der Waals surface area (Å²) >= 11 is 0. The molecular formula is C27H29N3O. The molecule has 2 atom stereocenters. The number of carbonyl (C=O) groups excluding carboxylic acids is 1. The van der Waals surface area contributed by atoms with E-state index in [1.165, 1.54) is 22.4 Å². The third-order valence-corrected chi connectivity index (χ3v) is 6.77. The van der Waals surface area contributed by atoms with Gasteiger partial charge in [0.05, 0.1) is 11.3 Å². The quantitative estimate of drug-likeness (QED) is 0.645. The fraction of sp³-hybridized carbons (Fsp3) is 0.296. The number of fused-ring (bicyclic) bond motifs is 4. The van der Waals surface area contributed by atoms with Crippen molar-refractivity contribution in [2.45, 2.75) is 38.9 Å². The van der Waals surface area contributed by atoms with E-state index in [1.54, 1.807) is 0 Å². The maximum absolute atomic E-state index is 12.9. The van der Waals surface area contributed by atoms with Crippen LogP contribution in [-0.2, 0) is 13.0 Å². The highest BCUT2D eigenvalue weighted by Gasteiger charge is 2.40. The van der Waals surface area contributed by atoms with Gasteiger partial charge in [0, 0.05) is 31.2 Å². The summed E-state index contributed by atoms with van der Waals surface area (Å²) in [7, 11) is 0. The number of rotatable bonds is 5. The van der Waals surface area contributed by atoms with Gasteiger partial charge in [-0.25, -0.2) is 0 Å². The zero-order valence-electron chi connectivity index (χ0n) is 18.2. The lowest BCUT2D eigenvalue weighted by Gasteiger charge is -2.47. The predicted molar refractivity (Wildman–Crippen MR) is 127 cm³/mol. The highest BCUT2D eigenvalue weighted by atomic mass is 16.2. The lowest BCUT2D eigenvalue weighted by atomic mass is 9.81. The maximum atomic E-state index is 12.9. The average molecular weight is 412 g/mol. The fourth-order valence-electron chi connectivity index (χ4n) is 5.16. The molecule has 31 heavy (non-hydrogen) atoms. The van der Waals surface area contributed by atoms with E-state index in [0.717, 1.165) is 37.3 Å². The van der Waals surface area contributed by atoms with Gasteiger partial charge in [0.15, 0.2) is 0 Å². The smallest absolute Gasteiger partial charge is 0.254 e. The summed E-state index contributed by atoms with van der Waals surface area (Å²) in [5.74, 6) is 0.222. The van der Waals surface area contributed by atoms with Crippen molar-refractivity contribution in [1.82, 2.24) is 5.32 Å². The van der Waals surface area contributed by atoms with Crippen molar-refractivity contribution in [3.63, 3.8) is 0 Å². The highest BCUT2D eigenvalue weighted by molar-refractivity contribution is 6.02. The summed E-state index contributed by atoms with van der Waals surface area (Å²) in [6, 6.07) is 25.6. The Labute approximate surface area is 184 Å². The van der Waals surface area contributed by atoms with E-state index in [4.69, 9.17) is 0 Å². The molecule has 0 bridgehead atoms. The zero-order valence-corrected chi connectivity index (χ0v) is 18.2. The van der Waals surface area contributed by atoms with Gasteiger partial charge in [0.25, 0.3) is 5.91 Å². The summed E-state index contributed by atoms with van der Waals surface area (Å²) < 4.78 is 0. The molecule has 2 heterocycles. The molecular weight excluding hydrogens is 382 g/mol. The van der Waals surface area contributed by atoms with Gasteiger partial charge < -0.3 is 15.1 Å². The Bertz CT molecular complexity index is 1090. The fourth-order valence-corrected chi connectivity index (χ4v) is 5.16. The average Bonchev–Trinajstić information content (AvgIpc) is 2.81. The normalized spacial score (nSPS) is 19.2. The van der Waals surface area contributed by atoms with Crippen LogP contribution in [0.1, 0.15) is 46.8 Å².